The Hall–Kier alpha value is -1.99. The van der Waals surface area contributed by atoms with Gasteiger partial charge >= 0.3 is 0 Å². The van der Waals surface area contributed by atoms with Gasteiger partial charge in [0.2, 0.25) is 10.0 Å². The lowest BCUT2D eigenvalue weighted by molar-refractivity contribution is 0.538. The Morgan fingerprint density at radius 1 is 1.10 bits per heavy atom. The maximum atomic E-state index is 13.7. The van der Waals surface area contributed by atoms with Gasteiger partial charge in [0.1, 0.15) is 16.5 Å². The first-order chi connectivity index (χ1) is 9.81. The van der Waals surface area contributed by atoms with Crippen molar-refractivity contribution >= 4 is 15.7 Å². The molecule has 0 amide bonds. The van der Waals surface area contributed by atoms with E-state index in [0.29, 0.717) is 6.07 Å². The van der Waals surface area contributed by atoms with Crippen LogP contribution in [0.25, 0.3) is 0 Å². The molecule has 0 saturated carbocycles. The molecule has 21 heavy (non-hydrogen) atoms. The van der Waals surface area contributed by atoms with Gasteiger partial charge in [-0.15, -0.1) is 0 Å². The normalized spacial score (nSPS) is 13.1. The van der Waals surface area contributed by atoms with E-state index in [1.807, 2.05) is 0 Å². The largest absolute Gasteiger partial charge is 0.396 e. The molecule has 0 radical (unpaired) electrons. The predicted octanol–water partition coefficient (Wildman–Crippen LogP) is 2.59. The molecule has 0 bridgehead atoms. The molecule has 7 heteroatoms. The molecule has 3 N–H and O–H groups in total. The number of hydrogen-bond acceptors (Lipinski definition) is 3. The Morgan fingerprint density at radius 3 is 2.33 bits per heavy atom. The second-order valence-corrected chi connectivity index (χ2v) is 6.24. The Morgan fingerprint density at radius 2 is 1.71 bits per heavy atom. The Balaban J connectivity index is 2.33. The van der Waals surface area contributed by atoms with Crippen LogP contribution in [0, 0.1) is 11.6 Å². The number of anilines is 1. The van der Waals surface area contributed by atoms with Gasteiger partial charge in [-0.3, -0.25) is 0 Å². The van der Waals surface area contributed by atoms with E-state index < -0.39 is 38.3 Å². The predicted molar refractivity (Wildman–Crippen MR) is 75.9 cm³/mol. The quantitative estimate of drug-likeness (QED) is 0.852. The van der Waals surface area contributed by atoms with E-state index in [2.05, 4.69) is 4.72 Å². The topological polar surface area (TPSA) is 72.2 Å². The van der Waals surface area contributed by atoms with Crippen molar-refractivity contribution in [1.29, 1.82) is 0 Å². The van der Waals surface area contributed by atoms with Crippen molar-refractivity contribution in [2.45, 2.75) is 17.9 Å². The first-order valence-electron chi connectivity index (χ1n) is 6.13. The number of nitrogens with one attached hydrogen (secondary N) is 1. The van der Waals surface area contributed by atoms with E-state index in [9.17, 15) is 17.2 Å². The zero-order chi connectivity index (χ0) is 15.6. The minimum atomic E-state index is -4.15. The smallest absolute Gasteiger partial charge is 0.244 e. The standard InChI is InChI=1S/C14H14F2N2O2S/c1-9(10-5-3-2-4-6-10)18-21(19,20)14-8-13(17)11(15)7-12(14)16/h2-9,18H,17H2,1H3/t9-/m0/s1. The van der Waals surface area contributed by atoms with Crippen LogP contribution in [0.2, 0.25) is 0 Å². The van der Waals surface area contributed by atoms with Crippen LogP contribution in [0.15, 0.2) is 47.4 Å². The molecule has 0 aliphatic heterocycles. The molecule has 0 saturated heterocycles. The van der Waals surface area contributed by atoms with Crippen molar-refractivity contribution < 1.29 is 17.2 Å². The van der Waals surface area contributed by atoms with Gasteiger partial charge in [-0.2, -0.15) is 0 Å². The summed E-state index contributed by atoms with van der Waals surface area (Å²) < 4.78 is 53.4. The number of hydrogen-bond donors (Lipinski definition) is 2. The first kappa shape index (κ1) is 15.4. The summed E-state index contributed by atoms with van der Waals surface area (Å²) in [7, 11) is -4.15. The molecule has 0 heterocycles. The fraction of sp³-hybridized carbons (Fsp3) is 0.143. The van der Waals surface area contributed by atoms with Gasteiger partial charge in [0.15, 0.2) is 0 Å². The summed E-state index contributed by atoms with van der Waals surface area (Å²) in [5.41, 5.74) is 5.59. The van der Waals surface area contributed by atoms with Crippen molar-refractivity contribution in [3.63, 3.8) is 0 Å². The average Bonchev–Trinajstić information content (AvgIpc) is 2.43. The zero-order valence-electron chi connectivity index (χ0n) is 11.2. The third kappa shape index (κ3) is 3.37. The SMILES string of the molecule is C[C@H](NS(=O)(=O)c1cc(N)c(F)cc1F)c1ccccc1. The lowest BCUT2D eigenvalue weighted by atomic mass is 10.1. The number of nitrogens with two attached hydrogens (primary N) is 1. The third-order valence-electron chi connectivity index (χ3n) is 2.97. The molecule has 2 aromatic rings. The minimum Gasteiger partial charge on any atom is -0.396 e. The van der Waals surface area contributed by atoms with Gasteiger partial charge in [0.25, 0.3) is 0 Å². The third-order valence-corrected chi connectivity index (χ3v) is 4.53. The molecule has 0 aliphatic carbocycles. The second-order valence-electron chi connectivity index (χ2n) is 4.56. The molecule has 112 valence electrons. The lowest BCUT2D eigenvalue weighted by Crippen LogP contribution is -2.27. The number of nitrogen functional groups attached to an aromatic ring is 1. The molecule has 0 aliphatic rings. The van der Waals surface area contributed by atoms with Crippen LogP contribution in [-0.4, -0.2) is 8.42 Å². The highest BCUT2D eigenvalue weighted by molar-refractivity contribution is 7.89. The van der Waals surface area contributed by atoms with E-state index >= 15 is 0 Å². The van der Waals surface area contributed by atoms with Crippen molar-refractivity contribution in [1.82, 2.24) is 4.72 Å². The molecule has 0 spiro atoms. The van der Waals surface area contributed by atoms with Crippen LogP contribution in [0.4, 0.5) is 14.5 Å². The Labute approximate surface area is 121 Å². The monoisotopic (exact) mass is 312 g/mol. The van der Waals surface area contributed by atoms with Crippen molar-refractivity contribution in [2.24, 2.45) is 0 Å². The molecular formula is C14H14F2N2O2S. The highest BCUT2D eigenvalue weighted by Gasteiger charge is 2.23. The molecule has 0 aromatic heterocycles. The second kappa shape index (κ2) is 5.79. The molecule has 4 nitrogen and oxygen atoms in total. The average molecular weight is 312 g/mol. The van der Waals surface area contributed by atoms with Crippen molar-refractivity contribution in [3.8, 4) is 0 Å². The Kier molecular flexibility index (Phi) is 4.24. The van der Waals surface area contributed by atoms with Crippen LogP contribution < -0.4 is 10.5 Å². The van der Waals surface area contributed by atoms with Gasteiger partial charge in [-0.25, -0.2) is 21.9 Å². The zero-order valence-corrected chi connectivity index (χ0v) is 12.0. The summed E-state index contributed by atoms with van der Waals surface area (Å²) in [4.78, 5) is -0.677. The van der Waals surface area contributed by atoms with E-state index in [1.165, 1.54) is 0 Å². The van der Waals surface area contributed by atoms with Crippen LogP contribution >= 0.6 is 0 Å². The summed E-state index contributed by atoms with van der Waals surface area (Å²) in [5, 5.41) is 0. The summed E-state index contributed by atoms with van der Waals surface area (Å²) >= 11 is 0. The fourth-order valence-corrected chi connectivity index (χ4v) is 3.18. The lowest BCUT2D eigenvalue weighted by Gasteiger charge is -2.15. The van der Waals surface area contributed by atoms with Gasteiger partial charge in [0, 0.05) is 12.1 Å². The summed E-state index contributed by atoms with van der Waals surface area (Å²) in [6.45, 7) is 1.62. The van der Waals surface area contributed by atoms with Gasteiger partial charge in [0.05, 0.1) is 5.69 Å². The minimum absolute atomic E-state index is 0.427. The van der Waals surface area contributed by atoms with E-state index in [1.54, 1.807) is 37.3 Å². The number of rotatable bonds is 4. The van der Waals surface area contributed by atoms with Crippen molar-refractivity contribution in [3.05, 3.63) is 59.7 Å². The van der Waals surface area contributed by atoms with E-state index in [0.717, 1.165) is 11.6 Å². The highest BCUT2D eigenvalue weighted by atomic mass is 32.2. The summed E-state index contributed by atoms with van der Waals surface area (Å²) in [5.74, 6) is -2.18. The van der Waals surface area contributed by atoms with Gasteiger partial charge < -0.3 is 5.73 Å². The molecule has 0 unspecified atom stereocenters. The van der Waals surface area contributed by atoms with Crippen LogP contribution in [0.5, 0.6) is 0 Å². The molecule has 1 atom stereocenters. The maximum absolute atomic E-state index is 13.7. The molecule has 2 rings (SSSR count). The molecule has 0 fully saturated rings. The van der Waals surface area contributed by atoms with Gasteiger partial charge in [-0.1, -0.05) is 30.3 Å². The highest BCUT2D eigenvalue weighted by Crippen LogP contribution is 2.23. The Bertz CT molecular complexity index is 749. The maximum Gasteiger partial charge on any atom is 0.244 e. The van der Waals surface area contributed by atoms with Crippen LogP contribution in [-0.2, 0) is 10.0 Å². The summed E-state index contributed by atoms with van der Waals surface area (Å²) in [6, 6.07) is 9.45. The van der Waals surface area contributed by atoms with Gasteiger partial charge in [-0.05, 0) is 18.6 Å². The van der Waals surface area contributed by atoms with Crippen molar-refractivity contribution in [2.75, 3.05) is 5.73 Å². The van der Waals surface area contributed by atoms with E-state index in [-0.39, 0.29) is 0 Å². The molecule has 2 aromatic carbocycles. The van der Waals surface area contributed by atoms with Crippen LogP contribution in [0.3, 0.4) is 0 Å². The van der Waals surface area contributed by atoms with E-state index in [4.69, 9.17) is 5.73 Å². The molecular weight excluding hydrogens is 298 g/mol. The number of benzene rings is 2. The van der Waals surface area contributed by atoms with Crippen LogP contribution in [0.1, 0.15) is 18.5 Å². The first-order valence-corrected chi connectivity index (χ1v) is 7.61. The number of halogens is 2. The number of sulfonamides is 1. The summed E-state index contributed by atoms with van der Waals surface area (Å²) in [6.07, 6.45) is 0. The fourth-order valence-electron chi connectivity index (χ4n) is 1.86.